The first kappa shape index (κ1) is 29.3. The number of rotatable bonds is 5. The third-order valence-corrected chi connectivity index (χ3v) is 10.2. The highest BCUT2D eigenvalue weighted by atomic mass is 16.3. The van der Waals surface area contributed by atoms with Gasteiger partial charge in [0.25, 0.3) is 0 Å². The second kappa shape index (κ2) is 12.1. The highest BCUT2D eigenvalue weighted by molar-refractivity contribution is 5.99. The smallest absolute Gasteiger partial charge is 0.160 e. The van der Waals surface area contributed by atoms with Crippen LogP contribution in [0.25, 0.3) is 90.1 Å². The molecule has 0 saturated heterocycles. The van der Waals surface area contributed by atoms with E-state index in [9.17, 15) is 0 Å². The molecule has 10 rings (SSSR count). The average molecular weight is 653 g/mol. The summed E-state index contributed by atoms with van der Waals surface area (Å²) in [7, 11) is 0. The van der Waals surface area contributed by atoms with Crippen molar-refractivity contribution in [3.63, 3.8) is 0 Å². The molecule has 2 aromatic heterocycles. The summed E-state index contributed by atoms with van der Waals surface area (Å²) in [6.45, 7) is 0. The number of furan rings is 1. The summed E-state index contributed by atoms with van der Waals surface area (Å²) in [5.74, 6) is 1.04. The molecule has 0 aliphatic heterocycles. The van der Waals surface area contributed by atoms with E-state index >= 15 is 0 Å². The molecular formula is C48H32N2O. The molecule has 0 radical (unpaired) electrons. The Labute approximate surface area is 295 Å². The first-order valence-corrected chi connectivity index (χ1v) is 17.5. The van der Waals surface area contributed by atoms with E-state index in [1.165, 1.54) is 27.5 Å². The van der Waals surface area contributed by atoms with Crippen LogP contribution in [0.2, 0.25) is 0 Å². The van der Waals surface area contributed by atoms with Crippen LogP contribution in [-0.2, 0) is 0 Å². The van der Waals surface area contributed by atoms with Crippen molar-refractivity contribution in [2.24, 2.45) is 5.92 Å². The summed E-state index contributed by atoms with van der Waals surface area (Å²) in [5.41, 5.74) is 12.4. The first-order chi connectivity index (χ1) is 25.2. The van der Waals surface area contributed by atoms with Crippen molar-refractivity contribution in [3.05, 3.63) is 180 Å². The Hall–Kier alpha value is -6.58. The fourth-order valence-electron chi connectivity index (χ4n) is 7.59. The van der Waals surface area contributed by atoms with Gasteiger partial charge in [0.2, 0.25) is 0 Å². The number of fused-ring (bicyclic) bond motifs is 5. The van der Waals surface area contributed by atoms with Crippen molar-refractivity contribution >= 4 is 33.9 Å². The number of hydrogen-bond acceptors (Lipinski definition) is 3. The van der Waals surface area contributed by atoms with E-state index in [1.807, 2.05) is 24.3 Å². The standard InChI is InChI=1S/C48H32N2O/c1-3-13-34(14-4-1)44-30-45(50-48(49-44)35-15-5-2-6-16-35)38-27-41(47-43(28-38)42-26-36-17-7-8-18-37(36)29-46(42)51-47)33-24-22-32(23-25-33)40-21-11-19-31-12-9-10-20-39(31)40/h1-16,18-30,36H,17H2. The molecule has 1 unspecified atom stereocenters. The molecule has 8 aromatic rings. The van der Waals surface area contributed by atoms with Crippen molar-refractivity contribution in [1.29, 1.82) is 0 Å². The molecule has 0 amide bonds. The maximum absolute atomic E-state index is 6.79. The van der Waals surface area contributed by atoms with Crippen LogP contribution in [0.1, 0.15) is 6.42 Å². The summed E-state index contributed by atoms with van der Waals surface area (Å²) in [5, 5.41) is 4.74. The van der Waals surface area contributed by atoms with Gasteiger partial charge in [0.05, 0.1) is 11.4 Å². The summed E-state index contributed by atoms with van der Waals surface area (Å²) < 4.78 is 6.79. The lowest BCUT2D eigenvalue weighted by Gasteiger charge is -2.16. The Morgan fingerprint density at radius 1 is 0.549 bits per heavy atom. The largest absolute Gasteiger partial charge is 0.455 e. The van der Waals surface area contributed by atoms with Gasteiger partial charge in [-0.2, -0.15) is 0 Å². The van der Waals surface area contributed by atoms with Gasteiger partial charge in [-0.05, 0) is 63.7 Å². The van der Waals surface area contributed by atoms with Gasteiger partial charge >= 0.3 is 0 Å². The number of nitrogens with zero attached hydrogens (tertiary/aromatic N) is 2. The zero-order valence-corrected chi connectivity index (χ0v) is 27.8. The van der Waals surface area contributed by atoms with Crippen LogP contribution in [0, 0.1) is 5.92 Å². The number of allylic oxidation sites excluding steroid dienone is 4. The van der Waals surface area contributed by atoms with E-state index in [4.69, 9.17) is 14.4 Å². The molecule has 2 heterocycles. The highest BCUT2D eigenvalue weighted by Gasteiger charge is 2.21. The van der Waals surface area contributed by atoms with Crippen molar-refractivity contribution in [2.75, 3.05) is 0 Å². The molecule has 0 fully saturated rings. The Kier molecular flexibility index (Phi) is 6.95. The minimum atomic E-state index is 0.337. The van der Waals surface area contributed by atoms with Crippen LogP contribution >= 0.6 is 0 Å². The molecule has 0 bridgehead atoms. The Bertz CT molecular complexity index is 2750. The van der Waals surface area contributed by atoms with Crippen molar-refractivity contribution in [2.45, 2.75) is 6.42 Å². The minimum Gasteiger partial charge on any atom is -0.455 e. The van der Waals surface area contributed by atoms with E-state index < -0.39 is 0 Å². The van der Waals surface area contributed by atoms with Gasteiger partial charge in [-0.3, -0.25) is 0 Å². The predicted molar refractivity (Wildman–Crippen MR) is 210 cm³/mol. The molecule has 3 heteroatoms. The third kappa shape index (κ3) is 5.22. The van der Waals surface area contributed by atoms with Gasteiger partial charge in [0.15, 0.2) is 5.82 Å². The van der Waals surface area contributed by atoms with E-state index in [0.29, 0.717) is 11.7 Å². The number of benzene rings is 6. The third-order valence-electron chi connectivity index (χ3n) is 10.2. The van der Waals surface area contributed by atoms with Gasteiger partial charge in [-0.25, -0.2) is 9.97 Å². The second-order valence-electron chi connectivity index (χ2n) is 13.3. The zero-order valence-electron chi connectivity index (χ0n) is 27.8. The van der Waals surface area contributed by atoms with Gasteiger partial charge < -0.3 is 4.42 Å². The van der Waals surface area contributed by atoms with Crippen molar-refractivity contribution < 1.29 is 4.42 Å². The fourth-order valence-corrected chi connectivity index (χ4v) is 7.59. The van der Waals surface area contributed by atoms with E-state index in [-0.39, 0.29) is 0 Å². The van der Waals surface area contributed by atoms with Crippen molar-refractivity contribution in [1.82, 2.24) is 9.97 Å². The summed E-state index contributed by atoms with van der Waals surface area (Å²) in [4.78, 5) is 10.3. The molecule has 51 heavy (non-hydrogen) atoms. The van der Waals surface area contributed by atoms with E-state index in [2.05, 4.69) is 152 Å². The maximum Gasteiger partial charge on any atom is 0.160 e. The van der Waals surface area contributed by atoms with Crippen LogP contribution in [0.3, 0.4) is 0 Å². The van der Waals surface area contributed by atoms with Gasteiger partial charge in [-0.1, -0.05) is 152 Å². The number of hydrogen-bond donors (Lipinski definition) is 0. The molecule has 6 aromatic carbocycles. The molecule has 2 aliphatic rings. The van der Waals surface area contributed by atoms with E-state index in [0.717, 1.165) is 67.2 Å². The summed E-state index contributed by atoms with van der Waals surface area (Å²) in [6, 6.07) is 51.2. The molecular weight excluding hydrogens is 621 g/mol. The van der Waals surface area contributed by atoms with Crippen LogP contribution < -0.4 is 10.6 Å². The molecule has 2 aliphatic carbocycles. The second-order valence-corrected chi connectivity index (χ2v) is 13.3. The Balaban J connectivity index is 1.20. The van der Waals surface area contributed by atoms with Gasteiger partial charge in [-0.15, -0.1) is 0 Å². The quantitative estimate of drug-likeness (QED) is 0.186. The lowest BCUT2D eigenvalue weighted by Crippen LogP contribution is -2.27. The molecule has 3 nitrogen and oxygen atoms in total. The lowest BCUT2D eigenvalue weighted by molar-refractivity contribution is 0.572. The number of aromatic nitrogens is 2. The molecule has 240 valence electrons. The Morgan fingerprint density at radius 3 is 2.04 bits per heavy atom. The van der Waals surface area contributed by atoms with Crippen LogP contribution in [0.4, 0.5) is 0 Å². The van der Waals surface area contributed by atoms with Crippen LogP contribution in [-0.4, -0.2) is 9.97 Å². The molecule has 1 atom stereocenters. The lowest BCUT2D eigenvalue weighted by atomic mass is 9.87. The summed E-state index contributed by atoms with van der Waals surface area (Å²) in [6.07, 6.45) is 12.2. The summed E-state index contributed by atoms with van der Waals surface area (Å²) >= 11 is 0. The van der Waals surface area contributed by atoms with Crippen LogP contribution in [0.15, 0.2) is 174 Å². The maximum atomic E-state index is 6.79. The molecule has 0 N–H and O–H groups in total. The topological polar surface area (TPSA) is 38.9 Å². The predicted octanol–water partition coefficient (Wildman–Crippen LogP) is 10.8. The first-order valence-electron chi connectivity index (χ1n) is 17.5. The van der Waals surface area contributed by atoms with Gasteiger partial charge in [0, 0.05) is 38.8 Å². The fraction of sp³-hybridized carbons (Fsp3) is 0.0417. The van der Waals surface area contributed by atoms with E-state index in [1.54, 1.807) is 0 Å². The van der Waals surface area contributed by atoms with Crippen molar-refractivity contribution in [3.8, 4) is 56.2 Å². The monoisotopic (exact) mass is 652 g/mol. The Morgan fingerprint density at radius 2 is 1.24 bits per heavy atom. The zero-order chi connectivity index (χ0) is 33.7. The average Bonchev–Trinajstić information content (AvgIpc) is 3.57. The minimum absolute atomic E-state index is 0.337. The molecule has 0 saturated carbocycles. The normalized spacial score (nSPS) is 14.7. The van der Waals surface area contributed by atoms with Crippen LogP contribution in [0.5, 0.6) is 0 Å². The molecule has 0 spiro atoms. The van der Waals surface area contributed by atoms with Gasteiger partial charge in [0.1, 0.15) is 11.0 Å². The highest BCUT2D eigenvalue weighted by Crippen LogP contribution is 2.37. The SMILES string of the molecule is C1=CCC2C=c3c(oc4c(-c5ccc(-c6cccc7ccccc67)cc5)cc(-c5cc(-c6ccccc6)nc(-c6ccccc6)n5)cc34)=CC2=C1.